The summed E-state index contributed by atoms with van der Waals surface area (Å²) in [4.78, 5) is 0. The average Bonchev–Trinajstić information content (AvgIpc) is 0. The molecule has 0 saturated carbocycles. The Bertz CT molecular complexity index is 8.00. The van der Waals surface area contributed by atoms with Crippen molar-refractivity contribution in [2.45, 2.75) is 0 Å². The molecule has 0 atom stereocenters. The van der Waals surface area contributed by atoms with E-state index in [9.17, 15) is 0 Å². The van der Waals surface area contributed by atoms with E-state index in [4.69, 9.17) is 0 Å². The summed E-state index contributed by atoms with van der Waals surface area (Å²) in [6, 6.07) is 0. The number of rotatable bonds is 0. The molecule has 6 N–H and O–H groups in total. The zero-order valence-electron chi connectivity index (χ0n) is 2.59. The fraction of sp³-hybridized carbons (Fsp3) is 0. The maximum atomic E-state index is 0. The molecule has 4 heavy (non-hydrogen) atoms. The Morgan fingerprint density at radius 2 is 1.00 bits per heavy atom. The first-order chi connectivity index (χ1) is 0. The Balaban J connectivity index is 0. The fourth-order valence-electron chi connectivity index (χ4n) is 0. The SMILES string of the molecule is O.[Ca].[Cl-].[NH4+]. The predicted molar refractivity (Wildman–Crippen MR) is 15.4 cm³/mol. The molecule has 0 aromatic heterocycles. The van der Waals surface area contributed by atoms with Crippen LogP contribution in [0.1, 0.15) is 0 Å². The molecule has 0 aromatic carbocycles. The number of hydrogen-bond acceptors (Lipinski definition) is 0. The van der Waals surface area contributed by atoms with Gasteiger partial charge in [-0.2, -0.15) is 0 Å². The van der Waals surface area contributed by atoms with Crippen LogP contribution in [0.15, 0.2) is 0 Å². The Morgan fingerprint density at radius 3 is 1.00 bits per heavy atom. The summed E-state index contributed by atoms with van der Waals surface area (Å²) in [6.07, 6.45) is 0. The van der Waals surface area contributed by atoms with Crippen molar-refractivity contribution in [3.05, 3.63) is 0 Å². The minimum Gasteiger partial charge on any atom is -1.00 e. The molecule has 0 rings (SSSR count). The molecule has 0 unspecified atom stereocenters. The summed E-state index contributed by atoms with van der Waals surface area (Å²) in [5, 5.41) is 0. The van der Waals surface area contributed by atoms with Crippen molar-refractivity contribution >= 4 is 37.7 Å². The summed E-state index contributed by atoms with van der Waals surface area (Å²) >= 11 is 0. The average molecular weight is 112 g/mol. The Kier molecular flexibility index (Phi) is 315. The van der Waals surface area contributed by atoms with Crippen molar-refractivity contribution in [2.75, 3.05) is 0 Å². The van der Waals surface area contributed by atoms with Gasteiger partial charge in [0.25, 0.3) is 0 Å². The van der Waals surface area contributed by atoms with Crippen LogP contribution in [0, 0.1) is 0 Å². The van der Waals surface area contributed by atoms with E-state index in [2.05, 4.69) is 0 Å². The van der Waals surface area contributed by atoms with Gasteiger partial charge in [-0.1, -0.05) is 0 Å². The quantitative estimate of drug-likeness (QED) is 0.312. The Morgan fingerprint density at radius 1 is 1.00 bits per heavy atom. The van der Waals surface area contributed by atoms with Gasteiger partial charge in [-0.05, 0) is 0 Å². The third-order valence-corrected chi connectivity index (χ3v) is 0. The van der Waals surface area contributed by atoms with Gasteiger partial charge in [-0.25, -0.2) is 0 Å². The van der Waals surface area contributed by atoms with Gasteiger partial charge >= 0.3 is 0 Å². The number of hydrogen-bond donors (Lipinski definition) is 1. The van der Waals surface area contributed by atoms with Crippen LogP contribution < -0.4 is 18.6 Å². The van der Waals surface area contributed by atoms with Crippen LogP contribution in [0.4, 0.5) is 0 Å². The van der Waals surface area contributed by atoms with Crippen molar-refractivity contribution < 1.29 is 17.9 Å². The Hall–Kier alpha value is 1.47. The van der Waals surface area contributed by atoms with E-state index in [0.29, 0.717) is 0 Å². The van der Waals surface area contributed by atoms with E-state index in [1.54, 1.807) is 0 Å². The van der Waals surface area contributed by atoms with Gasteiger partial charge < -0.3 is 24.0 Å². The maximum absolute atomic E-state index is 0. The van der Waals surface area contributed by atoms with E-state index in [1.165, 1.54) is 0 Å². The van der Waals surface area contributed by atoms with Crippen LogP contribution in [0.25, 0.3) is 0 Å². The third-order valence-electron chi connectivity index (χ3n) is 0. The topological polar surface area (TPSA) is 68.0 Å². The van der Waals surface area contributed by atoms with Crippen LogP contribution in [0.5, 0.6) is 0 Å². The van der Waals surface area contributed by atoms with Gasteiger partial charge in [-0.3, -0.25) is 0 Å². The summed E-state index contributed by atoms with van der Waals surface area (Å²) in [5.74, 6) is 0. The summed E-state index contributed by atoms with van der Waals surface area (Å²) < 4.78 is 0. The molecule has 0 aliphatic heterocycles. The van der Waals surface area contributed by atoms with Crippen molar-refractivity contribution in [1.29, 1.82) is 0 Å². The van der Waals surface area contributed by atoms with E-state index in [1.807, 2.05) is 0 Å². The first-order valence-corrected chi connectivity index (χ1v) is 0. The molecule has 0 aromatic rings. The van der Waals surface area contributed by atoms with E-state index >= 15 is 0 Å². The van der Waals surface area contributed by atoms with E-state index in [-0.39, 0.29) is 61.8 Å². The molecule has 26 valence electrons. The molecular weight excluding hydrogens is 106 g/mol. The molecule has 0 bridgehead atoms. The van der Waals surface area contributed by atoms with Crippen molar-refractivity contribution in [3.8, 4) is 0 Å². The molecule has 0 aliphatic carbocycles. The zero-order valence-corrected chi connectivity index (χ0v) is 5.55. The van der Waals surface area contributed by atoms with E-state index < -0.39 is 0 Å². The molecule has 2 radical (unpaired) electrons. The van der Waals surface area contributed by atoms with Crippen molar-refractivity contribution in [3.63, 3.8) is 0 Å². The van der Waals surface area contributed by atoms with Gasteiger partial charge in [0.05, 0.1) is 0 Å². The van der Waals surface area contributed by atoms with Crippen molar-refractivity contribution in [2.24, 2.45) is 0 Å². The molecule has 2 nitrogen and oxygen atoms in total. The summed E-state index contributed by atoms with van der Waals surface area (Å²) in [7, 11) is 0. The van der Waals surface area contributed by atoms with Crippen LogP contribution in [0.2, 0.25) is 0 Å². The first kappa shape index (κ1) is 50.6. The number of halogens is 1. The molecule has 0 fully saturated rings. The smallest absolute Gasteiger partial charge is 0 e. The second-order valence-electron chi connectivity index (χ2n) is 0. The zero-order chi connectivity index (χ0) is 0. The predicted octanol–water partition coefficient (Wildman–Crippen LogP) is -3.83. The van der Waals surface area contributed by atoms with Gasteiger partial charge in [0.15, 0.2) is 0 Å². The van der Waals surface area contributed by atoms with Crippen molar-refractivity contribution in [1.82, 2.24) is 6.15 Å². The second-order valence-corrected chi connectivity index (χ2v) is 0. The van der Waals surface area contributed by atoms with Crippen LogP contribution in [0.3, 0.4) is 0 Å². The Labute approximate surface area is 61.3 Å². The summed E-state index contributed by atoms with van der Waals surface area (Å²) in [6.45, 7) is 0. The van der Waals surface area contributed by atoms with Crippen LogP contribution >= 0.6 is 0 Å². The molecule has 0 saturated heterocycles. The molecule has 0 aliphatic rings. The maximum Gasteiger partial charge on any atom is 0 e. The van der Waals surface area contributed by atoms with Gasteiger partial charge in [0.2, 0.25) is 0 Å². The molecular formula is H6CaClNO. The third kappa shape index (κ3) is 9.80. The van der Waals surface area contributed by atoms with Crippen LogP contribution in [-0.4, -0.2) is 43.2 Å². The normalized spacial score (nSPS) is 0. The van der Waals surface area contributed by atoms with Gasteiger partial charge in [-0.15, -0.1) is 0 Å². The minimum absolute atomic E-state index is 0. The van der Waals surface area contributed by atoms with Crippen LogP contribution in [-0.2, 0) is 0 Å². The molecule has 0 amide bonds. The fourth-order valence-corrected chi connectivity index (χ4v) is 0. The molecule has 0 heterocycles. The number of quaternary nitrogens is 1. The second kappa shape index (κ2) is 24.9. The van der Waals surface area contributed by atoms with Gasteiger partial charge in [0.1, 0.15) is 0 Å². The van der Waals surface area contributed by atoms with Gasteiger partial charge in [0, 0.05) is 37.7 Å². The molecule has 4 heteroatoms. The molecule has 0 spiro atoms. The summed E-state index contributed by atoms with van der Waals surface area (Å²) in [5.41, 5.74) is 0. The first-order valence-electron chi connectivity index (χ1n) is 0. The monoisotopic (exact) mass is 111 g/mol. The standard InChI is InChI=1S/Ca.ClH.H3N.H2O/h;1H;1H3;1H2. The van der Waals surface area contributed by atoms with E-state index in [0.717, 1.165) is 0 Å². The largest absolute Gasteiger partial charge is 1.00 e. The minimum atomic E-state index is 0.